The van der Waals surface area contributed by atoms with Crippen molar-refractivity contribution in [2.24, 2.45) is 0 Å². The van der Waals surface area contributed by atoms with E-state index in [1.165, 1.54) is 5.39 Å². The molecule has 3 heteroatoms. The Balaban J connectivity index is 1.78. The highest BCUT2D eigenvalue weighted by Gasteiger charge is 2.22. The maximum atomic E-state index is 4.96. The zero-order valence-corrected chi connectivity index (χ0v) is 16.3. The van der Waals surface area contributed by atoms with Gasteiger partial charge in [0.05, 0.1) is 27.8 Å². The number of rotatable bonds is 3. The van der Waals surface area contributed by atoms with E-state index in [1.54, 1.807) is 0 Å². The first-order valence-corrected chi connectivity index (χ1v) is 10.1. The first-order valence-electron chi connectivity index (χ1n) is 10.1. The second-order valence-electron chi connectivity index (χ2n) is 7.38. The van der Waals surface area contributed by atoms with Crippen molar-refractivity contribution in [3.8, 4) is 28.3 Å². The van der Waals surface area contributed by atoms with Crippen molar-refractivity contribution in [2.45, 2.75) is 0 Å². The van der Waals surface area contributed by atoms with Gasteiger partial charge < -0.3 is 9.55 Å². The van der Waals surface area contributed by atoms with Gasteiger partial charge in [0, 0.05) is 11.1 Å². The van der Waals surface area contributed by atoms with Crippen molar-refractivity contribution in [1.29, 1.82) is 0 Å². The van der Waals surface area contributed by atoms with Gasteiger partial charge in [-0.3, -0.25) is 0 Å². The van der Waals surface area contributed by atoms with Gasteiger partial charge in [-0.25, -0.2) is 4.98 Å². The van der Waals surface area contributed by atoms with Gasteiger partial charge in [-0.2, -0.15) is 0 Å². The molecule has 0 unspecified atom stereocenters. The van der Waals surface area contributed by atoms with Crippen LogP contribution in [0.1, 0.15) is 0 Å². The average Bonchev–Trinajstić information content (AvgIpc) is 3.39. The van der Waals surface area contributed by atoms with Crippen LogP contribution in [0, 0.1) is 0 Å². The molecule has 142 valence electrons. The molecule has 6 aromatic rings. The van der Waals surface area contributed by atoms with Crippen LogP contribution in [0.25, 0.3) is 50.3 Å². The summed E-state index contributed by atoms with van der Waals surface area (Å²) in [5.74, 6) is 0.890. The fourth-order valence-electron chi connectivity index (χ4n) is 4.27. The van der Waals surface area contributed by atoms with Crippen LogP contribution >= 0.6 is 0 Å². The largest absolute Gasteiger partial charge is 0.338 e. The Morgan fingerprint density at radius 1 is 0.633 bits per heavy atom. The highest BCUT2D eigenvalue weighted by molar-refractivity contribution is 6.05. The molecule has 0 fully saturated rings. The average molecular weight is 385 g/mol. The molecule has 30 heavy (non-hydrogen) atoms. The van der Waals surface area contributed by atoms with E-state index >= 15 is 0 Å². The predicted octanol–water partition coefficient (Wildman–Crippen LogP) is 6.84. The van der Waals surface area contributed by atoms with Crippen molar-refractivity contribution in [3.63, 3.8) is 0 Å². The fraction of sp³-hybridized carbons (Fsp3) is 0. The molecule has 6 rings (SSSR count). The summed E-state index contributed by atoms with van der Waals surface area (Å²) in [6, 6.07) is 37.8. The third-order valence-corrected chi connectivity index (χ3v) is 5.56. The van der Waals surface area contributed by atoms with Gasteiger partial charge in [-0.05, 0) is 35.9 Å². The number of fused-ring (bicyclic) bond motifs is 2. The first-order chi connectivity index (χ1) is 14.9. The minimum atomic E-state index is 0.890. The molecular formula is C27H19N3. The third kappa shape index (κ3) is 2.56. The summed E-state index contributed by atoms with van der Waals surface area (Å²) in [6.07, 6.45) is 0. The van der Waals surface area contributed by atoms with Crippen LogP contribution in [-0.4, -0.2) is 14.5 Å². The van der Waals surface area contributed by atoms with Crippen molar-refractivity contribution in [2.75, 3.05) is 0 Å². The van der Waals surface area contributed by atoms with E-state index in [1.807, 2.05) is 18.2 Å². The molecule has 0 radical (unpaired) electrons. The van der Waals surface area contributed by atoms with Crippen LogP contribution in [0.5, 0.6) is 0 Å². The Morgan fingerprint density at radius 3 is 2.10 bits per heavy atom. The minimum Gasteiger partial charge on any atom is -0.338 e. The van der Waals surface area contributed by atoms with Crippen LogP contribution in [0.4, 0.5) is 0 Å². The highest BCUT2D eigenvalue weighted by atomic mass is 15.0. The number of aromatic nitrogens is 3. The maximum absolute atomic E-state index is 4.96. The molecule has 0 aliphatic carbocycles. The molecule has 2 heterocycles. The highest BCUT2D eigenvalue weighted by Crippen LogP contribution is 2.42. The van der Waals surface area contributed by atoms with Crippen LogP contribution in [-0.2, 0) is 0 Å². The maximum Gasteiger partial charge on any atom is 0.141 e. The normalized spacial score (nSPS) is 11.3. The molecule has 0 saturated heterocycles. The SMILES string of the molecule is c1ccc(-c2c(-c3nc4ccccc4[nH]3)c3ccccc3n2-c2ccccc2)cc1. The van der Waals surface area contributed by atoms with Gasteiger partial charge in [0.2, 0.25) is 0 Å². The Morgan fingerprint density at radius 2 is 1.30 bits per heavy atom. The topological polar surface area (TPSA) is 33.6 Å². The van der Waals surface area contributed by atoms with E-state index < -0.39 is 0 Å². The molecule has 0 spiro atoms. The van der Waals surface area contributed by atoms with Crippen molar-refractivity contribution in [1.82, 2.24) is 14.5 Å². The van der Waals surface area contributed by atoms with E-state index in [4.69, 9.17) is 4.98 Å². The predicted molar refractivity (Wildman–Crippen MR) is 124 cm³/mol. The Labute approximate surface area is 174 Å². The van der Waals surface area contributed by atoms with Gasteiger partial charge in [0.15, 0.2) is 0 Å². The smallest absolute Gasteiger partial charge is 0.141 e. The monoisotopic (exact) mass is 385 g/mol. The Kier molecular flexibility index (Phi) is 3.78. The summed E-state index contributed by atoms with van der Waals surface area (Å²) < 4.78 is 2.34. The molecule has 1 N–H and O–H groups in total. The number of nitrogens with zero attached hydrogens (tertiary/aromatic N) is 2. The second kappa shape index (κ2) is 6.75. The standard InChI is InChI=1S/C27H19N3/c1-3-11-19(12-4-1)26-25(27-28-22-16-8-9-17-23(22)29-27)21-15-7-10-18-24(21)30(26)20-13-5-2-6-14-20/h1-18H,(H,28,29). The number of hydrogen-bond acceptors (Lipinski definition) is 1. The number of hydrogen-bond donors (Lipinski definition) is 1. The van der Waals surface area contributed by atoms with Crippen LogP contribution in [0.15, 0.2) is 109 Å². The summed E-state index contributed by atoms with van der Waals surface area (Å²) in [4.78, 5) is 8.51. The van der Waals surface area contributed by atoms with Gasteiger partial charge in [-0.15, -0.1) is 0 Å². The van der Waals surface area contributed by atoms with Crippen LogP contribution < -0.4 is 0 Å². The number of nitrogens with one attached hydrogen (secondary N) is 1. The molecule has 0 aliphatic heterocycles. The lowest BCUT2D eigenvalue weighted by atomic mass is 10.0. The molecular weight excluding hydrogens is 366 g/mol. The Hall–Kier alpha value is -4.11. The van der Waals surface area contributed by atoms with Crippen molar-refractivity contribution < 1.29 is 0 Å². The lowest BCUT2D eigenvalue weighted by Crippen LogP contribution is -1.97. The molecule has 0 amide bonds. The number of aromatic amines is 1. The number of benzene rings is 4. The summed E-state index contributed by atoms with van der Waals surface area (Å²) in [5, 5.41) is 1.18. The molecule has 0 bridgehead atoms. The molecule has 2 aromatic heterocycles. The van der Waals surface area contributed by atoms with Crippen LogP contribution in [0.3, 0.4) is 0 Å². The molecule has 4 aromatic carbocycles. The zero-order valence-electron chi connectivity index (χ0n) is 16.3. The minimum absolute atomic E-state index is 0.890. The Bertz CT molecular complexity index is 1440. The molecule has 0 atom stereocenters. The zero-order chi connectivity index (χ0) is 19.9. The van der Waals surface area contributed by atoms with E-state index in [2.05, 4.69) is 101 Å². The van der Waals surface area contributed by atoms with E-state index in [-0.39, 0.29) is 0 Å². The molecule has 3 nitrogen and oxygen atoms in total. The van der Waals surface area contributed by atoms with Gasteiger partial charge >= 0.3 is 0 Å². The summed E-state index contributed by atoms with van der Waals surface area (Å²) in [7, 11) is 0. The fourth-order valence-corrected chi connectivity index (χ4v) is 4.27. The summed E-state index contributed by atoms with van der Waals surface area (Å²) >= 11 is 0. The number of para-hydroxylation sites is 4. The summed E-state index contributed by atoms with van der Waals surface area (Å²) in [6.45, 7) is 0. The number of imidazole rings is 1. The van der Waals surface area contributed by atoms with Gasteiger partial charge in [0.1, 0.15) is 5.82 Å². The third-order valence-electron chi connectivity index (χ3n) is 5.56. The molecule has 0 saturated carbocycles. The summed E-state index contributed by atoms with van der Waals surface area (Å²) in [5.41, 5.74) is 7.74. The quantitative estimate of drug-likeness (QED) is 0.355. The lowest BCUT2D eigenvalue weighted by Gasteiger charge is -2.12. The van der Waals surface area contributed by atoms with Crippen LogP contribution in [0.2, 0.25) is 0 Å². The first kappa shape index (κ1) is 16.8. The van der Waals surface area contributed by atoms with E-state index in [0.29, 0.717) is 0 Å². The molecule has 0 aliphatic rings. The van der Waals surface area contributed by atoms with Crippen molar-refractivity contribution >= 4 is 21.9 Å². The van der Waals surface area contributed by atoms with E-state index in [0.717, 1.165) is 44.9 Å². The van der Waals surface area contributed by atoms with E-state index in [9.17, 15) is 0 Å². The number of H-pyrrole nitrogens is 1. The lowest BCUT2D eigenvalue weighted by molar-refractivity contribution is 1.13. The van der Waals surface area contributed by atoms with Gasteiger partial charge in [-0.1, -0.05) is 78.9 Å². The second-order valence-corrected chi connectivity index (χ2v) is 7.38. The van der Waals surface area contributed by atoms with Gasteiger partial charge in [0.25, 0.3) is 0 Å². The van der Waals surface area contributed by atoms with Crippen molar-refractivity contribution in [3.05, 3.63) is 109 Å².